The van der Waals surface area contributed by atoms with Crippen molar-refractivity contribution in [3.63, 3.8) is 0 Å². The summed E-state index contributed by atoms with van der Waals surface area (Å²) in [4.78, 5) is 12.4. The van der Waals surface area contributed by atoms with Gasteiger partial charge in [0.05, 0.1) is 19.8 Å². The number of ether oxygens (including phenoxy) is 2. The van der Waals surface area contributed by atoms with Gasteiger partial charge in [-0.3, -0.25) is 4.79 Å². The van der Waals surface area contributed by atoms with E-state index >= 15 is 0 Å². The molecule has 1 aliphatic rings. The maximum absolute atomic E-state index is 12.4. The Bertz CT molecular complexity index is 416. The average molecular weight is 235 g/mol. The highest BCUT2D eigenvalue weighted by Gasteiger charge is 2.42. The molecule has 0 saturated heterocycles. The summed E-state index contributed by atoms with van der Waals surface area (Å²) in [5.41, 5.74) is 5.79. The van der Waals surface area contributed by atoms with Gasteiger partial charge in [0, 0.05) is 0 Å². The Morgan fingerprint density at radius 1 is 1.24 bits per heavy atom. The van der Waals surface area contributed by atoms with Gasteiger partial charge in [0.1, 0.15) is 17.1 Å². The third kappa shape index (κ3) is 1.89. The second kappa shape index (κ2) is 4.37. The molecule has 0 unspecified atom stereocenters. The second-order valence-corrected chi connectivity index (χ2v) is 4.38. The summed E-state index contributed by atoms with van der Waals surface area (Å²) in [5, 5.41) is 0. The van der Waals surface area contributed by atoms with E-state index < -0.39 is 5.54 Å². The maximum atomic E-state index is 12.4. The van der Waals surface area contributed by atoms with E-state index in [9.17, 15) is 4.79 Å². The van der Waals surface area contributed by atoms with Gasteiger partial charge in [0.15, 0.2) is 5.78 Å². The molecule has 92 valence electrons. The zero-order valence-electron chi connectivity index (χ0n) is 10.2. The third-order valence-corrected chi connectivity index (χ3v) is 3.35. The molecule has 0 bridgehead atoms. The average Bonchev–Trinajstić information content (AvgIpc) is 2.33. The number of nitrogens with two attached hydrogens (primary N) is 1. The van der Waals surface area contributed by atoms with Gasteiger partial charge in [0.2, 0.25) is 0 Å². The van der Waals surface area contributed by atoms with Crippen molar-refractivity contribution in [3.05, 3.63) is 23.8 Å². The predicted molar refractivity (Wildman–Crippen MR) is 64.6 cm³/mol. The van der Waals surface area contributed by atoms with E-state index in [-0.39, 0.29) is 5.78 Å². The van der Waals surface area contributed by atoms with Crippen molar-refractivity contribution in [1.82, 2.24) is 0 Å². The molecule has 1 aromatic rings. The molecule has 0 aromatic heterocycles. The van der Waals surface area contributed by atoms with E-state index in [1.807, 2.05) is 0 Å². The Hall–Kier alpha value is -1.55. The molecule has 4 nitrogen and oxygen atoms in total. The number of Topliss-reactive ketones (excluding diaryl/α,β-unsaturated/α-hetero) is 1. The molecule has 0 atom stereocenters. The number of hydrogen-bond donors (Lipinski definition) is 1. The van der Waals surface area contributed by atoms with Crippen molar-refractivity contribution >= 4 is 5.78 Å². The first-order chi connectivity index (χ1) is 8.12. The molecule has 1 fully saturated rings. The van der Waals surface area contributed by atoms with Crippen molar-refractivity contribution in [3.8, 4) is 11.5 Å². The summed E-state index contributed by atoms with van der Waals surface area (Å²) in [6, 6.07) is 5.29. The summed E-state index contributed by atoms with van der Waals surface area (Å²) in [5.74, 6) is 0.954. The van der Waals surface area contributed by atoms with Crippen LogP contribution in [-0.4, -0.2) is 25.5 Å². The van der Waals surface area contributed by atoms with Crippen LogP contribution in [-0.2, 0) is 0 Å². The molecular weight excluding hydrogens is 218 g/mol. The van der Waals surface area contributed by atoms with Gasteiger partial charge >= 0.3 is 0 Å². The molecule has 2 rings (SSSR count). The molecule has 0 aliphatic heterocycles. The molecule has 1 aromatic carbocycles. The minimum Gasteiger partial charge on any atom is -0.496 e. The zero-order chi connectivity index (χ0) is 12.5. The summed E-state index contributed by atoms with van der Waals surface area (Å²) in [6.07, 6.45) is 2.46. The summed E-state index contributed by atoms with van der Waals surface area (Å²) in [7, 11) is 3.07. The number of carbonyl (C=O) groups is 1. The monoisotopic (exact) mass is 235 g/mol. The number of ketones is 1. The van der Waals surface area contributed by atoms with Gasteiger partial charge in [-0.1, -0.05) is 6.07 Å². The topological polar surface area (TPSA) is 61.5 Å². The SMILES string of the molecule is COc1cccc(OC)c1C(=O)C1(N)CCC1. The molecule has 17 heavy (non-hydrogen) atoms. The fraction of sp³-hybridized carbons (Fsp3) is 0.462. The van der Waals surface area contributed by atoms with E-state index in [0.717, 1.165) is 19.3 Å². The second-order valence-electron chi connectivity index (χ2n) is 4.38. The Morgan fingerprint density at radius 2 is 1.76 bits per heavy atom. The summed E-state index contributed by atoms with van der Waals surface area (Å²) in [6.45, 7) is 0. The number of carbonyl (C=O) groups excluding carboxylic acids is 1. The van der Waals surface area contributed by atoms with E-state index in [2.05, 4.69) is 0 Å². The molecule has 0 radical (unpaired) electrons. The van der Waals surface area contributed by atoms with Gasteiger partial charge in [-0.15, -0.1) is 0 Å². The molecule has 1 saturated carbocycles. The fourth-order valence-electron chi connectivity index (χ4n) is 2.11. The standard InChI is InChI=1S/C13H17NO3/c1-16-9-5-3-6-10(17-2)11(9)12(15)13(14)7-4-8-13/h3,5-6H,4,7-8,14H2,1-2H3. The van der Waals surface area contributed by atoms with Gasteiger partial charge in [0.25, 0.3) is 0 Å². The fourth-order valence-corrected chi connectivity index (χ4v) is 2.11. The largest absolute Gasteiger partial charge is 0.496 e. The van der Waals surface area contributed by atoms with Crippen molar-refractivity contribution in [2.24, 2.45) is 5.73 Å². The van der Waals surface area contributed by atoms with Crippen LogP contribution in [0, 0.1) is 0 Å². The molecule has 4 heteroatoms. The molecular formula is C13H17NO3. The van der Waals surface area contributed by atoms with Gasteiger partial charge in [-0.05, 0) is 31.4 Å². The third-order valence-electron chi connectivity index (χ3n) is 3.35. The number of methoxy groups -OCH3 is 2. The Balaban J connectivity index is 2.45. The number of benzene rings is 1. The molecule has 0 amide bonds. The maximum Gasteiger partial charge on any atom is 0.190 e. The first-order valence-electron chi connectivity index (χ1n) is 5.67. The van der Waals surface area contributed by atoms with Crippen LogP contribution >= 0.6 is 0 Å². The minimum atomic E-state index is -0.734. The van der Waals surface area contributed by atoms with Crippen LogP contribution in [0.5, 0.6) is 11.5 Å². The number of rotatable bonds is 4. The van der Waals surface area contributed by atoms with E-state index in [4.69, 9.17) is 15.2 Å². The van der Waals surface area contributed by atoms with Gasteiger partial charge in [-0.2, -0.15) is 0 Å². The highest BCUT2D eigenvalue weighted by atomic mass is 16.5. The van der Waals surface area contributed by atoms with E-state index in [0.29, 0.717) is 17.1 Å². The summed E-state index contributed by atoms with van der Waals surface area (Å²) < 4.78 is 10.4. The zero-order valence-corrected chi connectivity index (χ0v) is 10.2. The normalized spacial score (nSPS) is 17.1. The van der Waals surface area contributed by atoms with Crippen molar-refractivity contribution in [1.29, 1.82) is 0 Å². The minimum absolute atomic E-state index is 0.0851. The summed E-state index contributed by atoms with van der Waals surface area (Å²) >= 11 is 0. The molecule has 0 heterocycles. The highest BCUT2D eigenvalue weighted by Crippen LogP contribution is 2.38. The predicted octanol–water partition coefficient (Wildman–Crippen LogP) is 1.77. The van der Waals surface area contributed by atoms with Crippen molar-refractivity contribution < 1.29 is 14.3 Å². The molecule has 2 N–H and O–H groups in total. The van der Waals surface area contributed by atoms with E-state index in [1.54, 1.807) is 18.2 Å². The Kier molecular flexibility index (Phi) is 3.07. The van der Waals surface area contributed by atoms with E-state index in [1.165, 1.54) is 14.2 Å². The first kappa shape index (κ1) is 11.9. The van der Waals surface area contributed by atoms with Crippen LogP contribution < -0.4 is 15.2 Å². The van der Waals surface area contributed by atoms with Crippen LogP contribution in [0.15, 0.2) is 18.2 Å². The van der Waals surface area contributed by atoms with Crippen molar-refractivity contribution in [2.45, 2.75) is 24.8 Å². The van der Waals surface area contributed by atoms with Crippen molar-refractivity contribution in [2.75, 3.05) is 14.2 Å². The Labute approximate surface area is 101 Å². The molecule has 0 spiro atoms. The number of hydrogen-bond acceptors (Lipinski definition) is 4. The lowest BCUT2D eigenvalue weighted by Crippen LogP contribution is -2.53. The van der Waals surface area contributed by atoms with Crippen LogP contribution in [0.3, 0.4) is 0 Å². The quantitative estimate of drug-likeness (QED) is 0.808. The van der Waals surface area contributed by atoms with Gasteiger partial charge in [-0.25, -0.2) is 0 Å². The first-order valence-corrected chi connectivity index (χ1v) is 5.67. The lowest BCUT2D eigenvalue weighted by atomic mass is 9.72. The van der Waals surface area contributed by atoms with Crippen LogP contribution in [0.2, 0.25) is 0 Å². The van der Waals surface area contributed by atoms with Crippen LogP contribution in [0.25, 0.3) is 0 Å². The smallest absolute Gasteiger partial charge is 0.190 e. The van der Waals surface area contributed by atoms with Gasteiger partial charge < -0.3 is 15.2 Å². The highest BCUT2D eigenvalue weighted by molar-refractivity contribution is 6.07. The lowest BCUT2D eigenvalue weighted by Gasteiger charge is -2.36. The molecule has 1 aliphatic carbocycles. The van der Waals surface area contributed by atoms with Crippen LogP contribution in [0.4, 0.5) is 0 Å². The Morgan fingerprint density at radius 3 is 2.12 bits per heavy atom. The van der Waals surface area contributed by atoms with Crippen LogP contribution in [0.1, 0.15) is 29.6 Å². The lowest BCUT2D eigenvalue weighted by molar-refractivity contribution is 0.0794.